The second-order valence-corrected chi connectivity index (χ2v) is 9.39. The number of nitrogens with one attached hydrogen (secondary N) is 3. The number of amides is 2. The van der Waals surface area contributed by atoms with Crippen molar-refractivity contribution in [3.05, 3.63) is 102 Å². The zero-order valence-electron chi connectivity index (χ0n) is 21.4. The first-order chi connectivity index (χ1) is 18.8. The Bertz CT molecular complexity index is 1660. The van der Waals surface area contributed by atoms with E-state index in [4.69, 9.17) is 5.73 Å². The molecule has 0 aliphatic carbocycles. The average Bonchev–Trinajstić information content (AvgIpc) is 3.43. The fourth-order valence-corrected chi connectivity index (χ4v) is 4.17. The first kappa shape index (κ1) is 25.7. The first-order valence-corrected chi connectivity index (χ1v) is 12.5. The number of nitrogens with two attached hydrogens (primary N) is 1. The van der Waals surface area contributed by atoms with Crippen molar-refractivity contribution in [2.45, 2.75) is 25.9 Å². The minimum atomic E-state index is -0.734. The fourth-order valence-electron chi connectivity index (χ4n) is 4.17. The van der Waals surface area contributed by atoms with Crippen LogP contribution in [0, 0.1) is 5.82 Å². The van der Waals surface area contributed by atoms with Gasteiger partial charge in [0.1, 0.15) is 11.5 Å². The Morgan fingerprint density at radius 2 is 1.67 bits per heavy atom. The third kappa shape index (κ3) is 5.83. The van der Waals surface area contributed by atoms with Gasteiger partial charge in [-0.05, 0) is 61.2 Å². The summed E-state index contributed by atoms with van der Waals surface area (Å²) in [6.45, 7) is 3.39. The summed E-state index contributed by atoms with van der Waals surface area (Å²) < 4.78 is 13.3. The maximum absolute atomic E-state index is 13.3. The molecule has 196 valence electrons. The number of benzene rings is 3. The van der Waals surface area contributed by atoms with Gasteiger partial charge in [0.25, 0.3) is 5.91 Å². The van der Waals surface area contributed by atoms with E-state index >= 15 is 0 Å². The van der Waals surface area contributed by atoms with E-state index in [-0.39, 0.29) is 23.7 Å². The van der Waals surface area contributed by atoms with E-state index in [1.165, 1.54) is 12.1 Å². The van der Waals surface area contributed by atoms with Crippen molar-refractivity contribution in [3.63, 3.8) is 0 Å². The van der Waals surface area contributed by atoms with Crippen molar-refractivity contribution >= 4 is 28.3 Å². The van der Waals surface area contributed by atoms with Crippen LogP contribution in [0.5, 0.6) is 0 Å². The lowest BCUT2D eigenvalue weighted by Crippen LogP contribution is -2.32. The number of aromatic nitrogens is 3. The highest BCUT2D eigenvalue weighted by atomic mass is 19.1. The summed E-state index contributed by atoms with van der Waals surface area (Å²) in [5.74, 6) is -0.529. The largest absolute Gasteiger partial charge is 0.346 e. The minimum Gasteiger partial charge on any atom is -0.346 e. The van der Waals surface area contributed by atoms with E-state index in [1.807, 2.05) is 37.3 Å². The van der Waals surface area contributed by atoms with Crippen molar-refractivity contribution in [2.24, 2.45) is 5.73 Å². The van der Waals surface area contributed by atoms with Crippen LogP contribution in [-0.2, 0) is 4.79 Å². The number of nitrogens with zero attached hydrogens (tertiary/aromatic N) is 2. The predicted molar refractivity (Wildman–Crippen MR) is 149 cm³/mol. The number of rotatable bonds is 7. The molecular formula is C30H27FN6O2. The van der Waals surface area contributed by atoms with E-state index in [2.05, 4.69) is 25.6 Å². The van der Waals surface area contributed by atoms with Crippen molar-refractivity contribution in [2.75, 3.05) is 5.32 Å². The Kier molecular flexibility index (Phi) is 7.16. The van der Waals surface area contributed by atoms with Gasteiger partial charge in [0, 0.05) is 28.4 Å². The standard InChI is InChI=1S/C30H27FN6O2/c1-17(32)29(38)36-25-12-22(11-23(13-25)30(39)35-18(2)19-7-9-24(31)10-8-19)27-16-34-28(37-27)26-14-20-5-3-4-6-21(20)15-33-26/h3-18H,32H2,1-2H3,(H,34,37)(H,35,39)(H,36,38)/t17-,18+/m0/s1. The zero-order valence-corrected chi connectivity index (χ0v) is 21.4. The number of pyridine rings is 1. The molecule has 0 aliphatic rings. The van der Waals surface area contributed by atoms with E-state index in [1.54, 1.807) is 49.6 Å². The van der Waals surface area contributed by atoms with Crippen LogP contribution in [-0.4, -0.2) is 32.8 Å². The first-order valence-electron chi connectivity index (χ1n) is 12.5. The maximum atomic E-state index is 13.3. The molecule has 0 saturated carbocycles. The molecule has 0 spiro atoms. The topological polar surface area (TPSA) is 126 Å². The molecule has 39 heavy (non-hydrogen) atoms. The van der Waals surface area contributed by atoms with Gasteiger partial charge in [-0.1, -0.05) is 36.4 Å². The molecule has 2 aromatic heterocycles. The third-order valence-corrected chi connectivity index (χ3v) is 6.35. The van der Waals surface area contributed by atoms with Crippen LogP contribution in [0.3, 0.4) is 0 Å². The maximum Gasteiger partial charge on any atom is 0.251 e. The van der Waals surface area contributed by atoms with Crippen LogP contribution in [0.2, 0.25) is 0 Å². The molecule has 3 aromatic carbocycles. The summed E-state index contributed by atoms with van der Waals surface area (Å²) in [6.07, 6.45) is 3.45. The molecule has 0 unspecified atom stereocenters. The van der Waals surface area contributed by atoms with E-state index < -0.39 is 6.04 Å². The molecule has 0 radical (unpaired) electrons. The molecule has 5 rings (SSSR count). The van der Waals surface area contributed by atoms with Gasteiger partial charge in [-0.3, -0.25) is 14.6 Å². The summed E-state index contributed by atoms with van der Waals surface area (Å²) in [5, 5.41) is 7.75. The Labute approximate surface area is 224 Å². The number of anilines is 1. The molecule has 5 aromatic rings. The summed E-state index contributed by atoms with van der Waals surface area (Å²) in [6, 6.07) is 19.7. The Balaban J connectivity index is 1.47. The SMILES string of the molecule is C[C@H](N)C(=O)Nc1cc(C(=O)N[C@H](C)c2ccc(F)cc2)cc(-c2cnc(-c3cc4ccccc4cn3)[nH]2)c1. The van der Waals surface area contributed by atoms with Crippen molar-refractivity contribution < 1.29 is 14.0 Å². The molecule has 8 nitrogen and oxygen atoms in total. The summed E-state index contributed by atoms with van der Waals surface area (Å²) in [4.78, 5) is 37.9. The van der Waals surface area contributed by atoms with Crippen LogP contribution in [0.4, 0.5) is 10.1 Å². The molecule has 0 fully saturated rings. The molecule has 2 amide bonds. The number of carbonyl (C=O) groups is 2. The molecule has 2 heterocycles. The molecule has 0 bridgehead atoms. The molecule has 2 atom stereocenters. The zero-order chi connectivity index (χ0) is 27.5. The number of halogens is 1. The van der Waals surface area contributed by atoms with Gasteiger partial charge in [0.05, 0.1) is 24.0 Å². The summed E-state index contributed by atoms with van der Waals surface area (Å²) in [7, 11) is 0. The number of H-pyrrole nitrogens is 1. The van der Waals surface area contributed by atoms with Crippen molar-refractivity contribution in [3.8, 4) is 22.8 Å². The van der Waals surface area contributed by atoms with E-state index in [0.717, 1.165) is 16.3 Å². The van der Waals surface area contributed by atoms with Crippen LogP contribution in [0.1, 0.15) is 35.8 Å². The van der Waals surface area contributed by atoms with Crippen LogP contribution < -0.4 is 16.4 Å². The molecular weight excluding hydrogens is 495 g/mol. The second kappa shape index (κ2) is 10.8. The second-order valence-electron chi connectivity index (χ2n) is 9.39. The number of hydrogen-bond acceptors (Lipinski definition) is 5. The monoisotopic (exact) mass is 522 g/mol. The summed E-state index contributed by atoms with van der Waals surface area (Å²) in [5.41, 5.74) is 9.17. The molecule has 5 N–H and O–H groups in total. The van der Waals surface area contributed by atoms with Crippen LogP contribution in [0.25, 0.3) is 33.5 Å². The van der Waals surface area contributed by atoms with Crippen molar-refractivity contribution in [1.29, 1.82) is 0 Å². The molecule has 9 heteroatoms. The van der Waals surface area contributed by atoms with Crippen LogP contribution in [0.15, 0.2) is 85.2 Å². The lowest BCUT2D eigenvalue weighted by Gasteiger charge is -2.16. The lowest BCUT2D eigenvalue weighted by molar-refractivity contribution is -0.117. The van der Waals surface area contributed by atoms with E-state index in [0.29, 0.717) is 34.0 Å². The normalized spacial score (nSPS) is 12.6. The Morgan fingerprint density at radius 1 is 0.923 bits per heavy atom. The third-order valence-electron chi connectivity index (χ3n) is 6.35. The quantitative estimate of drug-likeness (QED) is 0.234. The highest BCUT2D eigenvalue weighted by Gasteiger charge is 2.17. The van der Waals surface area contributed by atoms with Gasteiger partial charge in [-0.15, -0.1) is 0 Å². The Hall–Kier alpha value is -4.89. The van der Waals surface area contributed by atoms with Crippen molar-refractivity contribution in [1.82, 2.24) is 20.3 Å². The highest BCUT2D eigenvalue weighted by molar-refractivity contribution is 6.00. The van der Waals surface area contributed by atoms with Gasteiger partial charge in [0.15, 0.2) is 5.82 Å². The fraction of sp³-hybridized carbons (Fsp3) is 0.133. The van der Waals surface area contributed by atoms with Crippen LogP contribution >= 0.6 is 0 Å². The summed E-state index contributed by atoms with van der Waals surface area (Å²) >= 11 is 0. The Morgan fingerprint density at radius 3 is 2.41 bits per heavy atom. The van der Waals surface area contributed by atoms with Gasteiger partial charge < -0.3 is 21.4 Å². The number of carbonyl (C=O) groups excluding carboxylic acids is 2. The molecule has 0 aliphatic heterocycles. The van der Waals surface area contributed by atoms with Gasteiger partial charge in [0.2, 0.25) is 5.91 Å². The smallest absolute Gasteiger partial charge is 0.251 e. The predicted octanol–water partition coefficient (Wildman–Crippen LogP) is 5.21. The number of hydrogen-bond donors (Lipinski definition) is 4. The number of fused-ring (bicyclic) bond motifs is 1. The van der Waals surface area contributed by atoms with Gasteiger partial charge in [-0.2, -0.15) is 0 Å². The van der Waals surface area contributed by atoms with Gasteiger partial charge in [-0.25, -0.2) is 9.37 Å². The minimum absolute atomic E-state index is 0.321. The number of imidazole rings is 1. The lowest BCUT2D eigenvalue weighted by atomic mass is 10.0. The highest BCUT2D eigenvalue weighted by Crippen LogP contribution is 2.27. The van der Waals surface area contributed by atoms with Gasteiger partial charge >= 0.3 is 0 Å². The van der Waals surface area contributed by atoms with E-state index in [9.17, 15) is 14.0 Å². The molecule has 0 saturated heterocycles. The average molecular weight is 523 g/mol. The number of aromatic amines is 1.